The van der Waals surface area contributed by atoms with Gasteiger partial charge in [0.25, 0.3) is 21.5 Å². The second-order valence-electron chi connectivity index (χ2n) is 8.68. The lowest BCUT2D eigenvalue weighted by Crippen LogP contribution is -2.45. The Morgan fingerprint density at radius 3 is 2.49 bits per heavy atom. The molecule has 196 valence electrons. The summed E-state index contributed by atoms with van der Waals surface area (Å²) in [5.41, 5.74) is -1.41. The number of piperidine rings is 1. The number of rotatable bonds is 6. The highest BCUT2D eigenvalue weighted by atomic mass is 32.2. The van der Waals surface area contributed by atoms with Gasteiger partial charge in [-0.3, -0.25) is 14.3 Å². The SMILES string of the molecule is O=C(c1ccc(NS(=O)(=O)c2cccc3c(=O)[nH]cnc23)cc1)N1CCC(O)(/C=C/CC(F)(F)F)CC1. The van der Waals surface area contributed by atoms with Crippen molar-refractivity contribution < 1.29 is 31.5 Å². The zero-order chi connectivity index (χ0) is 26.8. The summed E-state index contributed by atoms with van der Waals surface area (Å²) in [6.45, 7) is 0.292. The number of carbonyl (C=O) groups is 1. The van der Waals surface area contributed by atoms with Gasteiger partial charge in [-0.25, -0.2) is 13.4 Å². The number of H-pyrrole nitrogens is 1. The first kappa shape index (κ1) is 26.4. The average molecular weight is 537 g/mol. The topological polar surface area (TPSA) is 132 Å². The molecule has 0 bridgehead atoms. The monoisotopic (exact) mass is 536 g/mol. The first-order valence-electron chi connectivity index (χ1n) is 11.2. The molecule has 1 aromatic heterocycles. The fourth-order valence-electron chi connectivity index (χ4n) is 4.04. The zero-order valence-corrected chi connectivity index (χ0v) is 20.1. The molecule has 4 rings (SSSR count). The Morgan fingerprint density at radius 2 is 1.84 bits per heavy atom. The number of alkyl halides is 3. The van der Waals surface area contributed by atoms with Crippen molar-refractivity contribution in [3.8, 4) is 0 Å². The summed E-state index contributed by atoms with van der Waals surface area (Å²) in [6, 6.07) is 9.92. The minimum absolute atomic E-state index is 0.0175. The molecule has 1 aliphatic rings. The van der Waals surface area contributed by atoms with Gasteiger partial charge in [-0.1, -0.05) is 18.2 Å². The van der Waals surface area contributed by atoms with E-state index in [1.165, 1.54) is 47.4 Å². The number of allylic oxidation sites excluding steroid dienone is 1. The maximum absolute atomic E-state index is 13.0. The summed E-state index contributed by atoms with van der Waals surface area (Å²) in [5, 5.41) is 10.6. The van der Waals surface area contributed by atoms with Crippen LogP contribution in [0.3, 0.4) is 0 Å². The Balaban J connectivity index is 1.42. The standard InChI is InChI=1S/C24H23F3N4O5S/c25-24(26,27)10-2-9-23(34)11-13-31(14-12-23)22(33)16-5-7-17(8-6-16)30-37(35,36)19-4-1-3-18-20(19)28-15-29-21(18)32/h1-9,15,30,34H,10-14H2,(H,28,29,32)/b9-2+. The van der Waals surface area contributed by atoms with Crippen LogP contribution in [0, 0.1) is 0 Å². The van der Waals surface area contributed by atoms with E-state index in [0.717, 1.165) is 18.5 Å². The van der Waals surface area contributed by atoms with E-state index in [4.69, 9.17) is 0 Å². The van der Waals surface area contributed by atoms with Crippen LogP contribution in [0.2, 0.25) is 0 Å². The lowest BCUT2D eigenvalue weighted by atomic mass is 9.90. The molecule has 0 atom stereocenters. The van der Waals surface area contributed by atoms with Crippen LogP contribution in [-0.4, -0.2) is 59.2 Å². The van der Waals surface area contributed by atoms with Crippen molar-refractivity contribution in [2.75, 3.05) is 17.8 Å². The van der Waals surface area contributed by atoms with E-state index in [1.54, 1.807) is 0 Å². The van der Waals surface area contributed by atoms with Crippen molar-refractivity contribution in [1.29, 1.82) is 0 Å². The molecule has 37 heavy (non-hydrogen) atoms. The Bertz CT molecular complexity index is 1490. The number of nitrogens with one attached hydrogen (secondary N) is 2. The number of aliphatic hydroxyl groups is 1. The number of fused-ring (bicyclic) bond motifs is 1. The van der Waals surface area contributed by atoms with Gasteiger partial charge < -0.3 is 15.0 Å². The van der Waals surface area contributed by atoms with Gasteiger partial charge in [-0.2, -0.15) is 13.2 Å². The molecule has 1 saturated heterocycles. The normalized spacial score (nSPS) is 16.3. The van der Waals surface area contributed by atoms with Gasteiger partial charge in [0.15, 0.2) is 0 Å². The lowest BCUT2D eigenvalue weighted by molar-refractivity contribution is -0.125. The molecular weight excluding hydrogens is 513 g/mol. The maximum atomic E-state index is 13.0. The molecule has 3 aromatic rings. The van der Waals surface area contributed by atoms with Gasteiger partial charge in [0.1, 0.15) is 4.90 Å². The molecule has 2 heterocycles. The van der Waals surface area contributed by atoms with Crippen LogP contribution in [0.25, 0.3) is 10.9 Å². The number of carbonyl (C=O) groups excluding carboxylic acids is 1. The van der Waals surface area contributed by atoms with E-state index in [-0.39, 0.29) is 58.9 Å². The second-order valence-corrected chi connectivity index (χ2v) is 10.3. The number of aromatic amines is 1. The van der Waals surface area contributed by atoms with Crippen LogP contribution < -0.4 is 10.3 Å². The highest BCUT2D eigenvalue weighted by Crippen LogP contribution is 2.27. The van der Waals surface area contributed by atoms with Crippen LogP contribution in [0.15, 0.2) is 70.6 Å². The number of para-hydroxylation sites is 1. The third-order valence-electron chi connectivity index (χ3n) is 6.00. The minimum Gasteiger partial charge on any atom is -0.386 e. The number of hydrogen-bond acceptors (Lipinski definition) is 6. The van der Waals surface area contributed by atoms with Gasteiger partial charge in [-0.15, -0.1) is 0 Å². The first-order valence-corrected chi connectivity index (χ1v) is 12.7. The zero-order valence-electron chi connectivity index (χ0n) is 19.3. The number of amides is 1. The predicted molar refractivity (Wildman–Crippen MR) is 130 cm³/mol. The summed E-state index contributed by atoms with van der Waals surface area (Å²) in [6.07, 6.45) is -2.16. The Morgan fingerprint density at radius 1 is 1.16 bits per heavy atom. The van der Waals surface area contributed by atoms with Gasteiger partial charge >= 0.3 is 6.18 Å². The number of sulfonamides is 1. The Kier molecular flexibility index (Phi) is 7.11. The molecule has 1 amide bonds. The van der Waals surface area contributed by atoms with Gasteiger partial charge in [-0.05, 0) is 49.2 Å². The fraction of sp³-hybridized carbons (Fsp3) is 0.292. The average Bonchev–Trinajstić information content (AvgIpc) is 2.83. The summed E-state index contributed by atoms with van der Waals surface area (Å²) < 4.78 is 65.3. The van der Waals surface area contributed by atoms with Crippen molar-refractivity contribution >= 4 is 32.5 Å². The number of benzene rings is 2. The van der Waals surface area contributed by atoms with Gasteiger partial charge in [0.05, 0.1) is 29.3 Å². The van der Waals surface area contributed by atoms with Gasteiger partial charge in [0.2, 0.25) is 0 Å². The van der Waals surface area contributed by atoms with Crippen LogP contribution in [0.4, 0.5) is 18.9 Å². The molecule has 13 heteroatoms. The highest BCUT2D eigenvalue weighted by Gasteiger charge is 2.33. The number of nitrogens with zero attached hydrogens (tertiary/aromatic N) is 2. The van der Waals surface area contributed by atoms with Gasteiger partial charge in [0, 0.05) is 24.3 Å². The van der Waals surface area contributed by atoms with Crippen LogP contribution in [-0.2, 0) is 10.0 Å². The number of anilines is 1. The van der Waals surface area contributed by atoms with Crippen LogP contribution >= 0.6 is 0 Å². The van der Waals surface area contributed by atoms with E-state index in [2.05, 4.69) is 14.7 Å². The highest BCUT2D eigenvalue weighted by molar-refractivity contribution is 7.93. The number of halogens is 3. The van der Waals surface area contributed by atoms with E-state index in [0.29, 0.717) is 0 Å². The minimum atomic E-state index is -4.35. The molecule has 0 spiro atoms. The smallest absolute Gasteiger partial charge is 0.386 e. The largest absolute Gasteiger partial charge is 0.392 e. The Labute approximate surface area is 209 Å². The molecular formula is C24H23F3N4O5S. The molecule has 9 nitrogen and oxygen atoms in total. The molecule has 1 fully saturated rings. The Hall–Kier alpha value is -3.71. The molecule has 2 aromatic carbocycles. The van der Waals surface area contributed by atoms with E-state index < -0.39 is 33.8 Å². The number of likely N-dealkylation sites (tertiary alicyclic amines) is 1. The van der Waals surface area contributed by atoms with E-state index in [9.17, 15) is 36.3 Å². The van der Waals surface area contributed by atoms with Crippen molar-refractivity contribution in [2.24, 2.45) is 0 Å². The number of aromatic nitrogens is 2. The lowest BCUT2D eigenvalue weighted by Gasteiger charge is -2.36. The summed E-state index contributed by atoms with van der Waals surface area (Å²) in [7, 11) is -4.11. The molecule has 0 saturated carbocycles. The van der Waals surface area contributed by atoms with Crippen molar-refractivity contribution in [2.45, 2.75) is 35.9 Å². The quantitative estimate of drug-likeness (QED) is 0.415. The summed E-state index contributed by atoms with van der Waals surface area (Å²) in [5.74, 6) is -0.354. The van der Waals surface area contributed by atoms with Crippen LogP contribution in [0.5, 0.6) is 0 Å². The van der Waals surface area contributed by atoms with Crippen molar-refractivity contribution in [3.63, 3.8) is 0 Å². The summed E-state index contributed by atoms with van der Waals surface area (Å²) in [4.78, 5) is 32.5. The van der Waals surface area contributed by atoms with E-state index >= 15 is 0 Å². The van der Waals surface area contributed by atoms with Crippen molar-refractivity contribution in [1.82, 2.24) is 14.9 Å². The molecule has 3 N–H and O–H groups in total. The predicted octanol–water partition coefficient (Wildman–Crippen LogP) is 3.20. The number of hydrogen-bond donors (Lipinski definition) is 3. The third kappa shape index (κ3) is 6.17. The molecule has 0 radical (unpaired) electrons. The second kappa shape index (κ2) is 9.98. The molecule has 1 aliphatic heterocycles. The van der Waals surface area contributed by atoms with Crippen molar-refractivity contribution in [3.05, 3.63) is 76.9 Å². The first-order chi connectivity index (χ1) is 17.4. The fourth-order valence-corrected chi connectivity index (χ4v) is 5.27. The third-order valence-corrected chi connectivity index (χ3v) is 7.41. The summed E-state index contributed by atoms with van der Waals surface area (Å²) >= 11 is 0. The van der Waals surface area contributed by atoms with Crippen LogP contribution in [0.1, 0.15) is 29.6 Å². The maximum Gasteiger partial charge on any atom is 0.392 e. The molecule has 0 aliphatic carbocycles. The van der Waals surface area contributed by atoms with E-state index in [1.807, 2.05) is 0 Å². The molecule has 0 unspecified atom stereocenters.